The van der Waals surface area contributed by atoms with Crippen molar-refractivity contribution in [3.05, 3.63) is 23.4 Å². The minimum absolute atomic E-state index is 0.0255. The summed E-state index contributed by atoms with van der Waals surface area (Å²) in [6.07, 6.45) is 2.20. The Bertz CT molecular complexity index is 454. The lowest BCUT2D eigenvalue weighted by Crippen LogP contribution is -2.47. The number of nitrogens with two attached hydrogens (primary N) is 1. The Morgan fingerprint density at radius 3 is 2.89 bits per heavy atom. The molecule has 1 saturated heterocycles. The van der Waals surface area contributed by atoms with Crippen LogP contribution in [0.15, 0.2) is 12.1 Å². The fourth-order valence-electron chi connectivity index (χ4n) is 2.64. The highest BCUT2D eigenvalue weighted by molar-refractivity contribution is 5.95. The molecule has 5 heteroatoms. The van der Waals surface area contributed by atoms with Crippen molar-refractivity contribution in [3.63, 3.8) is 0 Å². The van der Waals surface area contributed by atoms with E-state index in [4.69, 9.17) is 5.73 Å². The van der Waals surface area contributed by atoms with Gasteiger partial charge in [-0.1, -0.05) is 0 Å². The molecule has 1 aliphatic heterocycles. The van der Waals surface area contributed by atoms with Crippen LogP contribution in [0.1, 0.15) is 28.9 Å². The predicted octanol–water partition coefficient (Wildman–Crippen LogP) is 1.14. The summed E-state index contributed by atoms with van der Waals surface area (Å²) in [5.41, 5.74) is 7.11. The summed E-state index contributed by atoms with van der Waals surface area (Å²) in [5, 5.41) is 0. The molecule has 1 atom stereocenters. The van der Waals surface area contributed by atoms with Crippen LogP contribution in [0.3, 0.4) is 0 Å². The van der Waals surface area contributed by atoms with Crippen LogP contribution in [0, 0.1) is 6.92 Å². The number of aromatic nitrogens is 1. The SMILES string of the molecule is Cc1cc(C(=O)N(C)C2CCCN(C)C2)cc(N)n1. The number of hydrogen-bond donors (Lipinski definition) is 1. The standard InChI is InChI=1S/C14H22N4O/c1-10-7-11(8-13(15)16-10)14(19)18(3)12-5-4-6-17(2)9-12/h7-8,12H,4-6,9H2,1-3H3,(H2,15,16). The van der Waals surface area contributed by atoms with E-state index in [-0.39, 0.29) is 11.9 Å². The second-order valence-electron chi connectivity index (χ2n) is 5.40. The Morgan fingerprint density at radius 1 is 1.53 bits per heavy atom. The molecule has 2 rings (SSSR count). The lowest BCUT2D eigenvalue weighted by atomic mass is 10.0. The van der Waals surface area contributed by atoms with Crippen LogP contribution in [-0.4, -0.2) is 53.9 Å². The fourth-order valence-corrected chi connectivity index (χ4v) is 2.64. The van der Waals surface area contributed by atoms with Crippen LogP contribution < -0.4 is 5.73 Å². The van der Waals surface area contributed by atoms with Gasteiger partial charge in [0.05, 0.1) is 0 Å². The molecular weight excluding hydrogens is 240 g/mol. The number of likely N-dealkylation sites (N-methyl/N-ethyl adjacent to an activating group) is 2. The van der Waals surface area contributed by atoms with Crippen LogP contribution in [0.2, 0.25) is 0 Å². The normalized spacial score (nSPS) is 20.3. The van der Waals surface area contributed by atoms with E-state index in [2.05, 4.69) is 16.9 Å². The number of nitrogens with zero attached hydrogens (tertiary/aromatic N) is 3. The molecule has 2 N–H and O–H groups in total. The zero-order valence-corrected chi connectivity index (χ0v) is 11.9. The molecule has 0 spiro atoms. The second-order valence-corrected chi connectivity index (χ2v) is 5.40. The van der Waals surface area contributed by atoms with Gasteiger partial charge in [0, 0.05) is 30.9 Å². The van der Waals surface area contributed by atoms with Crippen LogP contribution >= 0.6 is 0 Å². The van der Waals surface area contributed by atoms with Gasteiger partial charge in [-0.05, 0) is 45.5 Å². The molecule has 1 amide bonds. The Hall–Kier alpha value is -1.62. The third-order valence-corrected chi connectivity index (χ3v) is 3.69. The molecule has 19 heavy (non-hydrogen) atoms. The van der Waals surface area contributed by atoms with Crippen molar-refractivity contribution in [1.82, 2.24) is 14.8 Å². The maximum Gasteiger partial charge on any atom is 0.254 e. The Morgan fingerprint density at radius 2 is 2.26 bits per heavy atom. The predicted molar refractivity (Wildman–Crippen MR) is 76.0 cm³/mol. The lowest BCUT2D eigenvalue weighted by Gasteiger charge is -2.35. The van der Waals surface area contributed by atoms with Gasteiger partial charge in [-0.2, -0.15) is 0 Å². The first-order valence-corrected chi connectivity index (χ1v) is 6.67. The highest BCUT2D eigenvalue weighted by Gasteiger charge is 2.25. The van der Waals surface area contributed by atoms with Gasteiger partial charge in [0.25, 0.3) is 5.91 Å². The Labute approximate surface area is 114 Å². The molecule has 0 bridgehead atoms. The molecule has 1 aromatic rings. The number of piperidine rings is 1. The molecule has 1 aromatic heterocycles. The lowest BCUT2D eigenvalue weighted by molar-refractivity contribution is 0.0644. The number of aryl methyl sites for hydroxylation is 1. The molecule has 1 unspecified atom stereocenters. The van der Waals surface area contributed by atoms with Crippen LogP contribution in [0.5, 0.6) is 0 Å². The molecule has 104 valence electrons. The van der Waals surface area contributed by atoms with Gasteiger partial charge in [-0.15, -0.1) is 0 Å². The number of anilines is 1. The van der Waals surface area contributed by atoms with E-state index in [1.165, 1.54) is 0 Å². The minimum atomic E-state index is 0.0255. The van der Waals surface area contributed by atoms with E-state index in [1.54, 1.807) is 12.1 Å². The molecular formula is C14H22N4O. The summed E-state index contributed by atoms with van der Waals surface area (Å²) >= 11 is 0. The maximum absolute atomic E-state index is 12.5. The van der Waals surface area contributed by atoms with Crippen molar-refractivity contribution < 1.29 is 4.79 Å². The third kappa shape index (κ3) is 3.23. The van der Waals surface area contributed by atoms with Crippen LogP contribution in [0.4, 0.5) is 5.82 Å². The molecule has 0 aliphatic carbocycles. The number of likely N-dealkylation sites (tertiary alicyclic amines) is 1. The van der Waals surface area contributed by atoms with Gasteiger partial charge in [-0.3, -0.25) is 4.79 Å². The van der Waals surface area contributed by atoms with E-state index >= 15 is 0 Å². The highest BCUT2D eigenvalue weighted by Crippen LogP contribution is 2.17. The first-order valence-electron chi connectivity index (χ1n) is 6.67. The first-order chi connectivity index (χ1) is 8.97. The number of nitrogen functional groups attached to an aromatic ring is 1. The number of carbonyl (C=O) groups excluding carboxylic acids is 1. The maximum atomic E-state index is 12.5. The number of rotatable bonds is 2. The van der Waals surface area contributed by atoms with Crippen molar-refractivity contribution in [2.75, 3.05) is 32.9 Å². The van der Waals surface area contributed by atoms with Crippen molar-refractivity contribution >= 4 is 11.7 Å². The van der Waals surface area contributed by atoms with E-state index < -0.39 is 0 Å². The van der Waals surface area contributed by atoms with Crippen LogP contribution in [-0.2, 0) is 0 Å². The fraction of sp³-hybridized carbons (Fsp3) is 0.571. The Balaban J connectivity index is 2.13. The minimum Gasteiger partial charge on any atom is -0.384 e. The molecule has 0 saturated carbocycles. The summed E-state index contributed by atoms with van der Waals surface area (Å²) < 4.78 is 0. The summed E-state index contributed by atoms with van der Waals surface area (Å²) in [5.74, 6) is 0.426. The summed E-state index contributed by atoms with van der Waals surface area (Å²) in [7, 11) is 3.97. The summed E-state index contributed by atoms with van der Waals surface area (Å²) in [6.45, 7) is 3.89. The van der Waals surface area contributed by atoms with Gasteiger partial charge >= 0.3 is 0 Å². The van der Waals surface area contributed by atoms with E-state index in [0.717, 1.165) is 31.6 Å². The number of amides is 1. The monoisotopic (exact) mass is 262 g/mol. The van der Waals surface area contributed by atoms with Gasteiger partial charge < -0.3 is 15.5 Å². The molecule has 0 radical (unpaired) electrons. The summed E-state index contributed by atoms with van der Waals surface area (Å²) in [4.78, 5) is 20.7. The quantitative estimate of drug-likeness (QED) is 0.868. The van der Waals surface area contributed by atoms with Gasteiger partial charge in [0.15, 0.2) is 0 Å². The molecule has 2 heterocycles. The van der Waals surface area contributed by atoms with Crippen molar-refractivity contribution in [1.29, 1.82) is 0 Å². The van der Waals surface area contributed by atoms with Crippen molar-refractivity contribution in [2.45, 2.75) is 25.8 Å². The molecule has 1 fully saturated rings. The zero-order valence-electron chi connectivity index (χ0n) is 11.9. The molecule has 1 aliphatic rings. The number of carbonyl (C=O) groups is 1. The van der Waals surface area contributed by atoms with E-state index in [1.807, 2.05) is 18.9 Å². The van der Waals surface area contributed by atoms with Crippen LogP contribution in [0.25, 0.3) is 0 Å². The number of hydrogen-bond acceptors (Lipinski definition) is 4. The van der Waals surface area contributed by atoms with Gasteiger partial charge in [-0.25, -0.2) is 4.98 Å². The average Bonchev–Trinajstić information content (AvgIpc) is 2.36. The van der Waals surface area contributed by atoms with Crippen molar-refractivity contribution in [3.8, 4) is 0 Å². The third-order valence-electron chi connectivity index (χ3n) is 3.69. The number of pyridine rings is 1. The largest absolute Gasteiger partial charge is 0.384 e. The van der Waals surface area contributed by atoms with E-state index in [0.29, 0.717) is 11.4 Å². The van der Waals surface area contributed by atoms with Gasteiger partial charge in [0.1, 0.15) is 5.82 Å². The average molecular weight is 262 g/mol. The van der Waals surface area contributed by atoms with Gasteiger partial charge in [0.2, 0.25) is 0 Å². The van der Waals surface area contributed by atoms with E-state index in [9.17, 15) is 4.79 Å². The Kier molecular flexibility index (Phi) is 4.04. The highest BCUT2D eigenvalue weighted by atomic mass is 16.2. The first kappa shape index (κ1) is 13.8. The smallest absolute Gasteiger partial charge is 0.254 e. The molecule has 0 aromatic carbocycles. The zero-order chi connectivity index (χ0) is 14.0. The summed E-state index contributed by atoms with van der Waals surface area (Å²) in [6, 6.07) is 3.72. The van der Waals surface area contributed by atoms with Crippen molar-refractivity contribution in [2.24, 2.45) is 0 Å². The topological polar surface area (TPSA) is 62.5 Å². The molecule has 5 nitrogen and oxygen atoms in total. The second kappa shape index (κ2) is 5.57.